The Kier molecular flexibility index (Phi) is 7.11. The van der Waals surface area contributed by atoms with E-state index in [0.29, 0.717) is 31.5 Å². The van der Waals surface area contributed by atoms with Gasteiger partial charge in [-0.15, -0.1) is 0 Å². The smallest absolute Gasteiger partial charge is 0.253 e. The van der Waals surface area contributed by atoms with E-state index < -0.39 is 19.9 Å². The van der Waals surface area contributed by atoms with Crippen LogP contribution in [-0.4, -0.2) is 68.8 Å². The zero-order chi connectivity index (χ0) is 23.7. The maximum atomic E-state index is 12.9. The number of carbonyl (C=O) groups excluding carboxylic acids is 1. The third kappa shape index (κ3) is 5.96. The van der Waals surface area contributed by atoms with Crippen LogP contribution in [0.25, 0.3) is 0 Å². The van der Waals surface area contributed by atoms with Gasteiger partial charge in [-0.2, -0.15) is 5.10 Å². The van der Waals surface area contributed by atoms with Crippen LogP contribution in [0.15, 0.2) is 24.3 Å². The van der Waals surface area contributed by atoms with Crippen LogP contribution < -0.4 is 4.72 Å². The van der Waals surface area contributed by atoms with E-state index in [2.05, 4.69) is 9.82 Å². The summed E-state index contributed by atoms with van der Waals surface area (Å²) in [5.41, 5.74) is 4.07. The standard InChI is InChI=1S/C21H30N4O5S2/c1-15-20(16(2)25(23-15)19-10-12-32(29,30)14-19)13-24(3)21(26)18-7-5-17(6-8-18)9-11-22-31(4,27)28/h5-8,19,22H,9-14H2,1-4H3. The fourth-order valence-corrected chi connectivity index (χ4v) is 6.14. The summed E-state index contributed by atoms with van der Waals surface area (Å²) < 4.78 is 50.2. The number of rotatable bonds is 8. The second-order valence-electron chi connectivity index (χ2n) is 8.43. The van der Waals surface area contributed by atoms with E-state index in [9.17, 15) is 21.6 Å². The van der Waals surface area contributed by atoms with E-state index in [0.717, 1.165) is 28.8 Å². The molecule has 1 aliphatic heterocycles. The number of carbonyl (C=O) groups is 1. The van der Waals surface area contributed by atoms with Crippen LogP contribution in [0.3, 0.4) is 0 Å². The largest absolute Gasteiger partial charge is 0.337 e. The first-order valence-electron chi connectivity index (χ1n) is 10.4. The molecule has 1 saturated heterocycles. The number of aryl methyl sites for hydroxylation is 1. The lowest BCUT2D eigenvalue weighted by atomic mass is 10.1. The molecule has 3 rings (SSSR count). The van der Waals surface area contributed by atoms with E-state index in [1.165, 1.54) is 0 Å². The molecule has 0 aliphatic carbocycles. The first kappa shape index (κ1) is 24.4. The molecule has 2 heterocycles. The highest BCUT2D eigenvalue weighted by atomic mass is 32.2. The molecule has 0 radical (unpaired) electrons. The molecule has 32 heavy (non-hydrogen) atoms. The molecule has 2 aromatic rings. The minimum atomic E-state index is -3.22. The number of nitrogens with zero attached hydrogens (tertiary/aromatic N) is 3. The Hall–Kier alpha value is -2.24. The molecule has 0 bridgehead atoms. The fourth-order valence-electron chi connectivity index (χ4n) is 3.97. The minimum absolute atomic E-state index is 0.106. The second-order valence-corrected chi connectivity index (χ2v) is 12.5. The lowest BCUT2D eigenvalue weighted by molar-refractivity contribution is 0.0784. The summed E-state index contributed by atoms with van der Waals surface area (Å²) in [5.74, 6) is 0.153. The first-order valence-corrected chi connectivity index (χ1v) is 14.1. The maximum Gasteiger partial charge on any atom is 0.253 e. The normalized spacial score (nSPS) is 18.1. The molecule has 1 unspecified atom stereocenters. The van der Waals surface area contributed by atoms with Crippen LogP contribution in [0.1, 0.15) is 45.3 Å². The van der Waals surface area contributed by atoms with Crippen molar-refractivity contribution in [1.29, 1.82) is 0 Å². The summed E-state index contributed by atoms with van der Waals surface area (Å²) in [6.07, 6.45) is 2.21. The summed E-state index contributed by atoms with van der Waals surface area (Å²) in [7, 11) is -4.51. The van der Waals surface area contributed by atoms with Crippen LogP contribution in [0.4, 0.5) is 0 Å². The highest BCUT2D eigenvalue weighted by Gasteiger charge is 2.31. The topological polar surface area (TPSA) is 118 Å². The Labute approximate surface area is 189 Å². The number of sulfone groups is 1. The van der Waals surface area contributed by atoms with Gasteiger partial charge in [-0.25, -0.2) is 21.6 Å². The monoisotopic (exact) mass is 482 g/mol. The molecular weight excluding hydrogens is 452 g/mol. The van der Waals surface area contributed by atoms with Crippen LogP contribution in [0.5, 0.6) is 0 Å². The molecule has 1 amide bonds. The van der Waals surface area contributed by atoms with E-state index in [1.54, 1.807) is 28.8 Å². The highest BCUT2D eigenvalue weighted by molar-refractivity contribution is 7.91. The molecule has 1 aliphatic rings. The lowest BCUT2D eigenvalue weighted by Gasteiger charge is -2.18. The predicted molar refractivity (Wildman–Crippen MR) is 123 cm³/mol. The molecule has 1 aromatic heterocycles. The van der Waals surface area contributed by atoms with Gasteiger partial charge in [0.15, 0.2) is 9.84 Å². The van der Waals surface area contributed by atoms with Crippen molar-refractivity contribution in [2.75, 3.05) is 31.4 Å². The SMILES string of the molecule is Cc1nn(C2CCS(=O)(=O)C2)c(C)c1CN(C)C(=O)c1ccc(CCNS(C)(=O)=O)cc1. The van der Waals surface area contributed by atoms with Crippen LogP contribution >= 0.6 is 0 Å². The Morgan fingerprint density at radius 3 is 2.47 bits per heavy atom. The van der Waals surface area contributed by atoms with Crippen molar-refractivity contribution in [2.45, 2.75) is 39.3 Å². The zero-order valence-corrected chi connectivity index (χ0v) is 20.5. The van der Waals surface area contributed by atoms with Gasteiger partial charge in [0.05, 0.1) is 29.5 Å². The van der Waals surface area contributed by atoms with Gasteiger partial charge in [-0.3, -0.25) is 9.48 Å². The molecular formula is C21H30N4O5S2. The fraction of sp³-hybridized carbons (Fsp3) is 0.524. The summed E-state index contributed by atoms with van der Waals surface area (Å²) in [6, 6.07) is 6.96. The van der Waals surface area contributed by atoms with Gasteiger partial charge in [-0.05, 0) is 44.4 Å². The van der Waals surface area contributed by atoms with E-state index in [4.69, 9.17) is 0 Å². The maximum absolute atomic E-state index is 12.9. The predicted octanol–water partition coefficient (Wildman–Crippen LogP) is 1.22. The van der Waals surface area contributed by atoms with Crippen molar-refractivity contribution in [2.24, 2.45) is 0 Å². The highest BCUT2D eigenvalue weighted by Crippen LogP contribution is 2.27. The Bertz CT molecular complexity index is 1200. The first-order chi connectivity index (χ1) is 14.9. The number of aromatic nitrogens is 2. The molecule has 1 N–H and O–H groups in total. The van der Waals surface area contributed by atoms with Crippen molar-refractivity contribution < 1.29 is 21.6 Å². The molecule has 1 atom stereocenters. The van der Waals surface area contributed by atoms with Gasteiger partial charge in [0.1, 0.15) is 0 Å². The van der Waals surface area contributed by atoms with Crippen molar-refractivity contribution in [3.05, 3.63) is 52.3 Å². The molecule has 9 nitrogen and oxygen atoms in total. The van der Waals surface area contributed by atoms with Crippen molar-refractivity contribution in [1.82, 2.24) is 19.4 Å². The van der Waals surface area contributed by atoms with Crippen LogP contribution in [-0.2, 0) is 32.8 Å². The van der Waals surface area contributed by atoms with Gasteiger partial charge >= 0.3 is 0 Å². The van der Waals surface area contributed by atoms with Crippen molar-refractivity contribution in [3.8, 4) is 0 Å². The van der Waals surface area contributed by atoms with Gasteiger partial charge in [0.2, 0.25) is 10.0 Å². The number of hydrogen-bond acceptors (Lipinski definition) is 6. The Morgan fingerprint density at radius 2 is 1.91 bits per heavy atom. The molecule has 1 fully saturated rings. The van der Waals surface area contributed by atoms with Gasteiger partial charge in [-0.1, -0.05) is 12.1 Å². The van der Waals surface area contributed by atoms with Gasteiger partial charge in [0, 0.05) is 37.0 Å². The summed E-state index contributed by atoms with van der Waals surface area (Å²) in [5, 5.41) is 4.57. The number of benzene rings is 1. The molecule has 0 saturated carbocycles. The van der Waals surface area contributed by atoms with E-state index in [1.807, 2.05) is 26.0 Å². The average Bonchev–Trinajstić information content (AvgIpc) is 3.20. The molecule has 1 aromatic carbocycles. The summed E-state index contributed by atoms with van der Waals surface area (Å²) in [4.78, 5) is 14.5. The quantitative estimate of drug-likeness (QED) is 0.604. The third-order valence-corrected chi connectivity index (χ3v) is 8.23. The Morgan fingerprint density at radius 1 is 1.25 bits per heavy atom. The zero-order valence-electron chi connectivity index (χ0n) is 18.8. The molecule has 0 spiro atoms. The van der Waals surface area contributed by atoms with Gasteiger partial charge in [0.25, 0.3) is 5.91 Å². The van der Waals surface area contributed by atoms with E-state index in [-0.39, 0.29) is 23.5 Å². The summed E-state index contributed by atoms with van der Waals surface area (Å²) in [6.45, 7) is 4.46. The van der Waals surface area contributed by atoms with Crippen LogP contribution in [0, 0.1) is 13.8 Å². The second kappa shape index (κ2) is 9.32. The minimum Gasteiger partial charge on any atom is -0.337 e. The average molecular weight is 483 g/mol. The van der Waals surface area contributed by atoms with E-state index >= 15 is 0 Å². The number of nitrogens with one attached hydrogen (secondary N) is 1. The number of amides is 1. The number of sulfonamides is 1. The Balaban J connectivity index is 1.66. The molecule has 11 heteroatoms. The lowest BCUT2D eigenvalue weighted by Crippen LogP contribution is -2.27. The third-order valence-electron chi connectivity index (χ3n) is 5.75. The van der Waals surface area contributed by atoms with Gasteiger partial charge < -0.3 is 4.90 Å². The van der Waals surface area contributed by atoms with Crippen molar-refractivity contribution in [3.63, 3.8) is 0 Å². The van der Waals surface area contributed by atoms with Crippen molar-refractivity contribution >= 4 is 25.8 Å². The van der Waals surface area contributed by atoms with Crippen LogP contribution in [0.2, 0.25) is 0 Å². The summed E-state index contributed by atoms with van der Waals surface area (Å²) >= 11 is 0. The number of hydrogen-bond donors (Lipinski definition) is 1. The molecule has 176 valence electrons.